The van der Waals surface area contributed by atoms with Crippen LogP contribution in [0.4, 0.5) is 14.6 Å². The lowest BCUT2D eigenvalue weighted by Gasteiger charge is -2.03. The van der Waals surface area contributed by atoms with Gasteiger partial charge in [0.25, 0.3) is 0 Å². The van der Waals surface area contributed by atoms with Gasteiger partial charge >= 0.3 is 0 Å². The Morgan fingerprint density at radius 3 is 2.71 bits per heavy atom. The minimum atomic E-state index is -0.889. The molecule has 0 fully saturated rings. The lowest BCUT2D eigenvalue weighted by Crippen LogP contribution is -1.98. The first-order valence-corrected chi connectivity index (χ1v) is 5.32. The Hall–Kier alpha value is -1.91. The standard InChI is InChI=1S/C12H13F2N3/c1-3-7-11(16-17(2)12(7)15)8-5-4-6-9(13)10(8)14/h4-6H,3,15H2,1-2H3. The average Bonchev–Trinajstić information content (AvgIpc) is 2.59. The van der Waals surface area contributed by atoms with Crippen molar-refractivity contribution in [3.8, 4) is 11.3 Å². The number of nitrogen functional groups attached to an aromatic ring is 1. The minimum Gasteiger partial charge on any atom is -0.384 e. The molecule has 1 aromatic carbocycles. The Kier molecular flexibility index (Phi) is 2.83. The number of halogens is 2. The molecule has 2 rings (SSSR count). The number of hydrogen-bond acceptors (Lipinski definition) is 2. The van der Waals surface area contributed by atoms with Gasteiger partial charge in [0.2, 0.25) is 0 Å². The maximum absolute atomic E-state index is 13.7. The summed E-state index contributed by atoms with van der Waals surface area (Å²) < 4.78 is 28.3. The molecule has 0 bridgehead atoms. The van der Waals surface area contributed by atoms with Gasteiger partial charge in [-0.25, -0.2) is 8.78 Å². The third-order valence-corrected chi connectivity index (χ3v) is 2.75. The molecule has 0 unspecified atom stereocenters. The van der Waals surface area contributed by atoms with Crippen molar-refractivity contribution in [1.29, 1.82) is 0 Å². The molecule has 0 radical (unpaired) electrons. The van der Waals surface area contributed by atoms with E-state index < -0.39 is 11.6 Å². The van der Waals surface area contributed by atoms with Gasteiger partial charge in [0.1, 0.15) is 11.5 Å². The molecule has 5 heteroatoms. The molecule has 0 aliphatic carbocycles. The van der Waals surface area contributed by atoms with Crippen LogP contribution in [0.15, 0.2) is 18.2 Å². The summed E-state index contributed by atoms with van der Waals surface area (Å²) in [4.78, 5) is 0. The van der Waals surface area contributed by atoms with E-state index in [0.717, 1.165) is 11.6 Å². The predicted molar refractivity (Wildman–Crippen MR) is 62.4 cm³/mol. The van der Waals surface area contributed by atoms with Crippen molar-refractivity contribution >= 4 is 5.82 Å². The van der Waals surface area contributed by atoms with E-state index in [9.17, 15) is 8.78 Å². The van der Waals surface area contributed by atoms with Crippen LogP contribution in [0, 0.1) is 11.6 Å². The molecule has 17 heavy (non-hydrogen) atoms. The molecule has 0 spiro atoms. The topological polar surface area (TPSA) is 43.8 Å². The fourth-order valence-electron chi connectivity index (χ4n) is 1.83. The first-order chi connectivity index (χ1) is 8.06. The molecule has 2 N–H and O–H groups in total. The highest BCUT2D eigenvalue weighted by molar-refractivity contribution is 5.69. The molecule has 1 heterocycles. The quantitative estimate of drug-likeness (QED) is 0.872. The smallest absolute Gasteiger partial charge is 0.168 e. The highest BCUT2D eigenvalue weighted by atomic mass is 19.2. The van der Waals surface area contributed by atoms with Crippen LogP contribution in [0.25, 0.3) is 11.3 Å². The number of hydrogen-bond donors (Lipinski definition) is 1. The van der Waals surface area contributed by atoms with Crippen molar-refractivity contribution in [1.82, 2.24) is 9.78 Å². The van der Waals surface area contributed by atoms with E-state index in [1.807, 2.05) is 6.92 Å². The number of aromatic nitrogens is 2. The van der Waals surface area contributed by atoms with Crippen LogP contribution in [0.3, 0.4) is 0 Å². The molecular formula is C12H13F2N3. The summed E-state index contributed by atoms with van der Waals surface area (Å²) in [6.07, 6.45) is 0.616. The van der Waals surface area contributed by atoms with E-state index in [1.54, 1.807) is 7.05 Å². The second-order valence-corrected chi connectivity index (χ2v) is 3.79. The van der Waals surface area contributed by atoms with Gasteiger partial charge in [-0.05, 0) is 18.6 Å². The molecule has 2 aromatic rings. The summed E-state index contributed by atoms with van der Waals surface area (Å²) in [7, 11) is 1.68. The zero-order valence-corrected chi connectivity index (χ0v) is 9.67. The SMILES string of the molecule is CCc1c(-c2cccc(F)c2F)nn(C)c1N. The largest absolute Gasteiger partial charge is 0.384 e. The first kappa shape index (κ1) is 11.6. The molecule has 0 saturated carbocycles. The van der Waals surface area contributed by atoms with Gasteiger partial charge < -0.3 is 5.73 Å². The van der Waals surface area contributed by atoms with Gasteiger partial charge in [-0.1, -0.05) is 13.0 Å². The molecule has 90 valence electrons. The first-order valence-electron chi connectivity index (χ1n) is 5.32. The van der Waals surface area contributed by atoms with Gasteiger partial charge in [-0.15, -0.1) is 0 Å². The Balaban J connectivity index is 2.68. The van der Waals surface area contributed by atoms with Crippen LogP contribution < -0.4 is 5.73 Å². The summed E-state index contributed by atoms with van der Waals surface area (Å²) in [5.74, 6) is -1.29. The molecule has 0 aliphatic rings. The Morgan fingerprint density at radius 2 is 2.06 bits per heavy atom. The van der Waals surface area contributed by atoms with Crippen LogP contribution in [-0.2, 0) is 13.5 Å². The highest BCUT2D eigenvalue weighted by Gasteiger charge is 2.18. The zero-order chi connectivity index (χ0) is 12.6. The van der Waals surface area contributed by atoms with Crippen molar-refractivity contribution < 1.29 is 8.78 Å². The molecule has 3 nitrogen and oxygen atoms in total. The van der Waals surface area contributed by atoms with Crippen molar-refractivity contribution in [3.05, 3.63) is 35.4 Å². The second kappa shape index (κ2) is 4.16. The maximum Gasteiger partial charge on any atom is 0.168 e. The van der Waals surface area contributed by atoms with Crippen molar-refractivity contribution in [2.75, 3.05) is 5.73 Å². The van der Waals surface area contributed by atoms with Crippen LogP contribution in [0.5, 0.6) is 0 Å². The molecule has 0 saturated heterocycles. The summed E-state index contributed by atoms with van der Waals surface area (Å²) in [5.41, 5.74) is 7.11. The summed E-state index contributed by atoms with van der Waals surface area (Å²) >= 11 is 0. The van der Waals surface area contributed by atoms with Crippen LogP contribution in [-0.4, -0.2) is 9.78 Å². The fourth-order valence-corrected chi connectivity index (χ4v) is 1.83. The lowest BCUT2D eigenvalue weighted by atomic mass is 10.1. The van der Waals surface area contributed by atoms with Crippen LogP contribution in [0.1, 0.15) is 12.5 Å². The lowest BCUT2D eigenvalue weighted by molar-refractivity contribution is 0.510. The van der Waals surface area contributed by atoms with Gasteiger partial charge in [0.15, 0.2) is 11.6 Å². The van der Waals surface area contributed by atoms with Crippen LogP contribution >= 0.6 is 0 Å². The molecule has 0 aliphatic heterocycles. The molecule has 1 aromatic heterocycles. The number of nitrogens with two attached hydrogens (primary N) is 1. The number of aryl methyl sites for hydroxylation is 1. The monoisotopic (exact) mass is 237 g/mol. The second-order valence-electron chi connectivity index (χ2n) is 3.79. The van der Waals surface area contributed by atoms with Gasteiger partial charge in [-0.3, -0.25) is 4.68 Å². The molecular weight excluding hydrogens is 224 g/mol. The van der Waals surface area contributed by atoms with Crippen molar-refractivity contribution in [3.63, 3.8) is 0 Å². The van der Waals surface area contributed by atoms with Gasteiger partial charge in [-0.2, -0.15) is 5.10 Å². The highest BCUT2D eigenvalue weighted by Crippen LogP contribution is 2.29. The maximum atomic E-state index is 13.7. The minimum absolute atomic E-state index is 0.147. The number of anilines is 1. The van der Waals surface area contributed by atoms with E-state index >= 15 is 0 Å². The van der Waals surface area contributed by atoms with E-state index in [-0.39, 0.29) is 5.56 Å². The Labute approximate surface area is 97.9 Å². The van der Waals surface area contributed by atoms with E-state index in [2.05, 4.69) is 5.10 Å². The van der Waals surface area contributed by atoms with E-state index in [0.29, 0.717) is 17.9 Å². The van der Waals surface area contributed by atoms with Crippen LogP contribution in [0.2, 0.25) is 0 Å². The Morgan fingerprint density at radius 1 is 1.35 bits per heavy atom. The Bertz CT molecular complexity index is 561. The third kappa shape index (κ3) is 1.77. The average molecular weight is 237 g/mol. The number of nitrogens with zero attached hydrogens (tertiary/aromatic N) is 2. The van der Waals surface area contributed by atoms with E-state index in [4.69, 9.17) is 5.73 Å². The predicted octanol–water partition coefficient (Wildman–Crippen LogP) is 2.51. The summed E-state index contributed by atoms with van der Waals surface area (Å²) in [6.45, 7) is 1.90. The third-order valence-electron chi connectivity index (χ3n) is 2.75. The number of rotatable bonds is 2. The summed E-state index contributed by atoms with van der Waals surface area (Å²) in [5, 5.41) is 4.14. The fraction of sp³-hybridized carbons (Fsp3) is 0.250. The van der Waals surface area contributed by atoms with Gasteiger partial charge in [0, 0.05) is 18.2 Å². The molecule has 0 amide bonds. The zero-order valence-electron chi connectivity index (χ0n) is 9.67. The van der Waals surface area contributed by atoms with E-state index in [1.165, 1.54) is 16.8 Å². The van der Waals surface area contributed by atoms with Crippen molar-refractivity contribution in [2.45, 2.75) is 13.3 Å². The summed E-state index contributed by atoms with van der Waals surface area (Å²) in [6, 6.07) is 4.04. The number of benzene rings is 1. The molecule has 0 atom stereocenters. The van der Waals surface area contributed by atoms with Gasteiger partial charge in [0.05, 0.1) is 0 Å². The van der Waals surface area contributed by atoms with Crippen molar-refractivity contribution in [2.24, 2.45) is 7.05 Å². The normalized spacial score (nSPS) is 10.8.